The van der Waals surface area contributed by atoms with E-state index in [0.29, 0.717) is 18.8 Å². The molecule has 2 aromatic rings. The Labute approximate surface area is 164 Å². The molecular weight excluding hydrogens is 380 g/mol. The van der Waals surface area contributed by atoms with E-state index in [1.54, 1.807) is 6.92 Å². The number of anilines is 1. The quantitative estimate of drug-likeness (QED) is 0.625. The van der Waals surface area contributed by atoms with Crippen LogP contribution in [0, 0.1) is 0 Å². The first kappa shape index (κ1) is 20.3. The molecule has 1 saturated heterocycles. The van der Waals surface area contributed by atoms with Crippen LogP contribution >= 0.6 is 0 Å². The molecule has 0 amide bonds. The zero-order valence-electron chi connectivity index (χ0n) is 15.6. The molecule has 0 bridgehead atoms. The highest BCUT2D eigenvalue weighted by Crippen LogP contribution is 2.23. The van der Waals surface area contributed by atoms with Crippen molar-refractivity contribution in [3.8, 4) is 0 Å². The number of benzene rings is 2. The summed E-state index contributed by atoms with van der Waals surface area (Å²) in [6.07, 6.45) is 1.95. The Morgan fingerprint density at radius 3 is 2.64 bits per heavy atom. The van der Waals surface area contributed by atoms with E-state index in [2.05, 4.69) is 10.0 Å². The number of aromatic carboxylic acids is 1. The summed E-state index contributed by atoms with van der Waals surface area (Å²) in [7, 11) is -3.88. The lowest BCUT2D eigenvalue weighted by Crippen LogP contribution is -2.27. The van der Waals surface area contributed by atoms with Crippen LogP contribution in [-0.2, 0) is 14.8 Å². The van der Waals surface area contributed by atoms with E-state index in [1.807, 2.05) is 30.3 Å². The summed E-state index contributed by atoms with van der Waals surface area (Å²) in [5.74, 6) is -1.19. The topological polar surface area (TPSA) is 105 Å². The summed E-state index contributed by atoms with van der Waals surface area (Å²) in [4.78, 5) is 11.6. The Bertz CT molecular complexity index is 925. The third kappa shape index (κ3) is 4.89. The predicted octanol–water partition coefficient (Wildman–Crippen LogP) is 3.02. The Morgan fingerprint density at radius 2 is 2.00 bits per heavy atom. The molecule has 2 aromatic carbocycles. The molecule has 1 aliphatic heterocycles. The fraction of sp³-hybridized carbons (Fsp3) is 0.350. The zero-order valence-corrected chi connectivity index (χ0v) is 16.4. The van der Waals surface area contributed by atoms with Gasteiger partial charge in [0.05, 0.1) is 16.6 Å². The van der Waals surface area contributed by atoms with Gasteiger partial charge in [0.15, 0.2) is 0 Å². The molecule has 1 heterocycles. The lowest BCUT2D eigenvalue weighted by molar-refractivity contribution is 0.0697. The van der Waals surface area contributed by atoms with E-state index in [0.717, 1.165) is 18.4 Å². The second-order valence-electron chi connectivity index (χ2n) is 6.78. The second-order valence-corrected chi connectivity index (χ2v) is 8.50. The number of rotatable bonds is 8. The number of ether oxygens (including phenoxy) is 1. The number of carboxylic acid groups (broad SMARTS) is 1. The highest BCUT2D eigenvalue weighted by atomic mass is 32.2. The largest absolute Gasteiger partial charge is 0.478 e. The first-order valence-corrected chi connectivity index (χ1v) is 10.7. The van der Waals surface area contributed by atoms with Gasteiger partial charge in [-0.1, -0.05) is 30.3 Å². The van der Waals surface area contributed by atoms with Crippen LogP contribution in [0.5, 0.6) is 0 Å². The van der Waals surface area contributed by atoms with Crippen molar-refractivity contribution in [1.29, 1.82) is 0 Å². The molecule has 28 heavy (non-hydrogen) atoms. The fourth-order valence-corrected chi connectivity index (χ4v) is 4.42. The molecule has 0 aliphatic carbocycles. The van der Waals surface area contributed by atoms with Crippen molar-refractivity contribution < 1.29 is 23.1 Å². The van der Waals surface area contributed by atoms with Crippen molar-refractivity contribution in [3.05, 3.63) is 59.7 Å². The molecule has 7 nitrogen and oxygen atoms in total. The van der Waals surface area contributed by atoms with E-state index < -0.39 is 22.0 Å². The molecule has 0 aromatic heterocycles. The van der Waals surface area contributed by atoms with E-state index in [4.69, 9.17) is 4.74 Å². The number of carboxylic acids is 1. The summed E-state index contributed by atoms with van der Waals surface area (Å²) in [5.41, 5.74) is 1.10. The van der Waals surface area contributed by atoms with Gasteiger partial charge < -0.3 is 15.2 Å². The van der Waals surface area contributed by atoms with Gasteiger partial charge in [-0.3, -0.25) is 0 Å². The van der Waals surface area contributed by atoms with Gasteiger partial charge in [-0.05, 0) is 43.5 Å². The maximum atomic E-state index is 12.7. The van der Waals surface area contributed by atoms with Gasteiger partial charge in [-0.2, -0.15) is 0 Å². The van der Waals surface area contributed by atoms with Crippen LogP contribution in [0.3, 0.4) is 0 Å². The third-order valence-electron chi connectivity index (χ3n) is 4.71. The number of nitrogens with one attached hydrogen (secondary N) is 2. The zero-order chi connectivity index (χ0) is 20.1. The molecule has 2 atom stereocenters. The van der Waals surface area contributed by atoms with Crippen LogP contribution in [0.2, 0.25) is 0 Å². The summed E-state index contributed by atoms with van der Waals surface area (Å²) in [6, 6.07) is 12.8. The van der Waals surface area contributed by atoms with Gasteiger partial charge >= 0.3 is 5.97 Å². The minimum absolute atomic E-state index is 0.0402. The van der Waals surface area contributed by atoms with E-state index >= 15 is 0 Å². The van der Waals surface area contributed by atoms with Gasteiger partial charge in [0, 0.05) is 24.9 Å². The van der Waals surface area contributed by atoms with Crippen molar-refractivity contribution in [2.45, 2.75) is 36.8 Å². The van der Waals surface area contributed by atoms with E-state index in [1.165, 1.54) is 18.2 Å². The van der Waals surface area contributed by atoms with Crippen molar-refractivity contribution >= 4 is 21.7 Å². The average molecular weight is 404 g/mol. The third-order valence-corrected chi connectivity index (χ3v) is 6.25. The van der Waals surface area contributed by atoms with Gasteiger partial charge in [0.2, 0.25) is 10.0 Å². The Kier molecular flexibility index (Phi) is 6.33. The lowest BCUT2D eigenvalue weighted by Gasteiger charge is -2.17. The van der Waals surface area contributed by atoms with Crippen LogP contribution in [0.1, 0.15) is 41.7 Å². The fourth-order valence-electron chi connectivity index (χ4n) is 3.16. The summed E-state index contributed by atoms with van der Waals surface area (Å²) < 4.78 is 33.6. The average Bonchev–Trinajstić information content (AvgIpc) is 3.20. The van der Waals surface area contributed by atoms with E-state index in [9.17, 15) is 18.3 Å². The molecule has 0 unspecified atom stereocenters. The minimum atomic E-state index is -3.88. The highest BCUT2D eigenvalue weighted by molar-refractivity contribution is 7.89. The first-order chi connectivity index (χ1) is 13.4. The molecule has 0 spiro atoms. The van der Waals surface area contributed by atoms with Gasteiger partial charge in [-0.25, -0.2) is 17.9 Å². The highest BCUT2D eigenvalue weighted by Gasteiger charge is 2.22. The number of hydrogen-bond acceptors (Lipinski definition) is 5. The molecule has 0 radical (unpaired) electrons. The van der Waals surface area contributed by atoms with Crippen LogP contribution in [0.25, 0.3) is 0 Å². The Morgan fingerprint density at radius 1 is 1.25 bits per heavy atom. The number of hydrogen-bond donors (Lipinski definition) is 3. The maximum Gasteiger partial charge on any atom is 0.337 e. The SMILES string of the molecule is C[C@H](NS(=O)(=O)c1ccc(NC[C@H]2CCCO2)c(C(=O)O)c1)c1ccccc1. The standard InChI is InChI=1S/C20H24N2O5S/c1-14(15-6-3-2-4-7-15)22-28(25,26)17-9-10-19(18(12-17)20(23)24)21-13-16-8-5-11-27-16/h2-4,6-7,9-10,12,14,16,21-22H,5,8,11,13H2,1H3,(H,23,24)/t14-,16+/m0/s1. The second kappa shape index (κ2) is 8.72. The molecule has 150 valence electrons. The summed E-state index contributed by atoms with van der Waals surface area (Å²) >= 11 is 0. The first-order valence-electron chi connectivity index (χ1n) is 9.17. The predicted molar refractivity (Wildman–Crippen MR) is 106 cm³/mol. The Balaban J connectivity index is 1.78. The smallest absolute Gasteiger partial charge is 0.337 e. The molecular formula is C20H24N2O5S. The van der Waals surface area contributed by atoms with Crippen molar-refractivity contribution in [3.63, 3.8) is 0 Å². The minimum Gasteiger partial charge on any atom is -0.478 e. The summed E-state index contributed by atoms with van der Waals surface area (Å²) in [6.45, 7) is 2.93. The molecule has 3 rings (SSSR count). The molecule has 8 heteroatoms. The van der Waals surface area contributed by atoms with Crippen LogP contribution in [-0.4, -0.2) is 38.7 Å². The van der Waals surface area contributed by atoms with Crippen molar-refractivity contribution in [2.24, 2.45) is 0 Å². The monoisotopic (exact) mass is 404 g/mol. The summed E-state index contributed by atoms with van der Waals surface area (Å²) in [5, 5.41) is 12.6. The van der Waals surface area contributed by atoms with Crippen LogP contribution in [0.4, 0.5) is 5.69 Å². The molecule has 1 fully saturated rings. The molecule has 3 N–H and O–H groups in total. The maximum absolute atomic E-state index is 12.7. The van der Waals surface area contributed by atoms with E-state index in [-0.39, 0.29) is 16.6 Å². The van der Waals surface area contributed by atoms with Gasteiger partial charge in [0.25, 0.3) is 0 Å². The van der Waals surface area contributed by atoms with Crippen molar-refractivity contribution in [2.75, 3.05) is 18.5 Å². The van der Waals surface area contributed by atoms with Gasteiger partial charge in [-0.15, -0.1) is 0 Å². The normalized spacial score (nSPS) is 18.0. The van der Waals surface area contributed by atoms with Crippen molar-refractivity contribution in [1.82, 2.24) is 4.72 Å². The van der Waals surface area contributed by atoms with Crippen LogP contribution in [0.15, 0.2) is 53.4 Å². The lowest BCUT2D eigenvalue weighted by atomic mass is 10.1. The number of sulfonamides is 1. The molecule has 1 aliphatic rings. The molecule has 0 saturated carbocycles. The Hall–Kier alpha value is -2.42. The van der Waals surface area contributed by atoms with Crippen LogP contribution < -0.4 is 10.0 Å². The number of carbonyl (C=O) groups is 1. The van der Waals surface area contributed by atoms with Gasteiger partial charge in [0.1, 0.15) is 0 Å².